The molecule has 7 heteroatoms. The molecule has 0 saturated carbocycles. The minimum Gasteiger partial charge on any atom is -0.497 e. The fourth-order valence-electron chi connectivity index (χ4n) is 3.16. The summed E-state index contributed by atoms with van der Waals surface area (Å²) in [7, 11) is 1.57. The van der Waals surface area contributed by atoms with Gasteiger partial charge in [-0.2, -0.15) is 0 Å². The number of carbonyl (C=O) groups excluding carboxylic acids is 3. The molecule has 0 radical (unpaired) electrons. The van der Waals surface area contributed by atoms with Crippen molar-refractivity contribution in [1.82, 2.24) is 5.32 Å². The molecule has 1 heterocycles. The van der Waals surface area contributed by atoms with Crippen LogP contribution < -0.4 is 20.3 Å². The first-order valence-electron chi connectivity index (χ1n) is 9.15. The van der Waals surface area contributed by atoms with E-state index in [1.165, 1.54) is 0 Å². The highest BCUT2D eigenvalue weighted by Crippen LogP contribution is 2.28. The summed E-state index contributed by atoms with van der Waals surface area (Å²) in [5, 5.41) is 5.54. The molecule has 2 aromatic carbocycles. The average Bonchev–Trinajstić information content (AvgIpc) is 3.10. The van der Waals surface area contributed by atoms with Gasteiger partial charge in [0.05, 0.1) is 13.0 Å². The first-order chi connectivity index (χ1) is 13.5. The van der Waals surface area contributed by atoms with E-state index in [0.717, 1.165) is 0 Å². The third-order valence-corrected chi connectivity index (χ3v) is 4.59. The summed E-state index contributed by atoms with van der Waals surface area (Å²) in [6, 6.07) is 13.9. The number of nitrogens with zero attached hydrogens (tertiary/aromatic N) is 1. The zero-order valence-corrected chi connectivity index (χ0v) is 15.9. The Morgan fingerprint density at radius 2 is 1.96 bits per heavy atom. The Morgan fingerprint density at radius 3 is 2.71 bits per heavy atom. The van der Waals surface area contributed by atoms with Gasteiger partial charge >= 0.3 is 0 Å². The lowest BCUT2D eigenvalue weighted by atomic mass is 10.1. The van der Waals surface area contributed by atoms with Gasteiger partial charge in [0.15, 0.2) is 0 Å². The van der Waals surface area contributed by atoms with Crippen LogP contribution in [0.1, 0.15) is 23.7 Å². The van der Waals surface area contributed by atoms with E-state index in [-0.39, 0.29) is 24.1 Å². The van der Waals surface area contributed by atoms with E-state index in [2.05, 4.69) is 10.6 Å². The highest BCUT2D eigenvalue weighted by atomic mass is 16.5. The minimum atomic E-state index is -0.466. The molecule has 146 valence electrons. The Morgan fingerprint density at radius 1 is 1.18 bits per heavy atom. The van der Waals surface area contributed by atoms with Crippen LogP contribution in [0.5, 0.6) is 5.75 Å². The van der Waals surface area contributed by atoms with E-state index in [4.69, 9.17) is 4.74 Å². The number of carbonyl (C=O) groups is 3. The van der Waals surface area contributed by atoms with Crippen LogP contribution in [0.25, 0.3) is 0 Å². The topological polar surface area (TPSA) is 87.7 Å². The van der Waals surface area contributed by atoms with Crippen LogP contribution in [0.15, 0.2) is 48.5 Å². The number of nitrogens with one attached hydrogen (secondary N) is 2. The average molecular weight is 381 g/mol. The van der Waals surface area contributed by atoms with Gasteiger partial charge < -0.3 is 20.3 Å². The molecule has 1 fully saturated rings. The first kappa shape index (κ1) is 19.4. The van der Waals surface area contributed by atoms with E-state index in [9.17, 15) is 14.4 Å². The summed E-state index contributed by atoms with van der Waals surface area (Å²) >= 11 is 0. The molecule has 1 saturated heterocycles. The standard InChI is InChI=1S/C21H23N3O4/c1-3-22-20(26)14-6-4-7-16(10-14)23-21(27)15-11-19(25)24(13-15)17-8-5-9-18(12-17)28-2/h4-10,12,15H,3,11,13H2,1-2H3,(H,22,26)(H,23,27). The van der Waals surface area contributed by atoms with Crippen LogP contribution in [0.3, 0.4) is 0 Å². The van der Waals surface area contributed by atoms with Crippen molar-refractivity contribution in [2.45, 2.75) is 13.3 Å². The summed E-state index contributed by atoms with van der Waals surface area (Å²) in [5.41, 5.74) is 1.71. The minimum absolute atomic E-state index is 0.107. The summed E-state index contributed by atoms with van der Waals surface area (Å²) in [6.45, 7) is 2.67. The number of hydrogen-bond donors (Lipinski definition) is 2. The molecular weight excluding hydrogens is 358 g/mol. The number of benzene rings is 2. The third-order valence-electron chi connectivity index (χ3n) is 4.59. The molecule has 1 aliphatic rings. The normalized spacial score (nSPS) is 16.0. The van der Waals surface area contributed by atoms with E-state index in [1.807, 2.05) is 19.1 Å². The lowest BCUT2D eigenvalue weighted by Crippen LogP contribution is -2.28. The number of methoxy groups -OCH3 is 1. The first-order valence-corrected chi connectivity index (χ1v) is 9.15. The fraction of sp³-hybridized carbons (Fsp3) is 0.286. The van der Waals surface area contributed by atoms with Crippen molar-refractivity contribution in [3.8, 4) is 5.75 Å². The number of rotatable bonds is 6. The maximum atomic E-state index is 12.7. The van der Waals surface area contributed by atoms with Crippen molar-refractivity contribution in [2.75, 3.05) is 30.4 Å². The van der Waals surface area contributed by atoms with Gasteiger partial charge in [0.2, 0.25) is 11.8 Å². The summed E-state index contributed by atoms with van der Waals surface area (Å²) in [4.78, 5) is 38.6. The molecule has 0 spiro atoms. The lowest BCUT2D eigenvalue weighted by Gasteiger charge is -2.17. The van der Waals surface area contributed by atoms with Crippen LogP contribution in [-0.4, -0.2) is 37.9 Å². The maximum absolute atomic E-state index is 12.7. The van der Waals surface area contributed by atoms with E-state index < -0.39 is 5.92 Å². The number of amides is 3. The highest BCUT2D eigenvalue weighted by molar-refractivity contribution is 6.04. The smallest absolute Gasteiger partial charge is 0.251 e. The predicted octanol–water partition coefficient (Wildman–Crippen LogP) is 2.44. The zero-order chi connectivity index (χ0) is 20.1. The molecule has 2 aromatic rings. The van der Waals surface area contributed by atoms with Crippen LogP contribution in [0.4, 0.5) is 11.4 Å². The van der Waals surface area contributed by atoms with Gasteiger partial charge in [-0.25, -0.2) is 0 Å². The van der Waals surface area contributed by atoms with Crippen LogP contribution >= 0.6 is 0 Å². The molecule has 0 bridgehead atoms. The van der Waals surface area contributed by atoms with Crippen molar-refractivity contribution in [1.29, 1.82) is 0 Å². The molecule has 1 aliphatic heterocycles. The van der Waals surface area contributed by atoms with Gasteiger partial charge in [0.25, 0.3) is 5.91 Å². The maximum Gasteiger partial charge on any atom is 0.251 e. The molecule has 0 aliphatic carbocycles. The molecule has 3 amide bonds. The molecule has 28 heavy (non-hydrogen) atoms. The van der Waals surface area contributed by atoms with E-state index in [1.54, 1.807) is 48.4 Å². The molecular formula is C21H23N3O4. The summed E-state index contributed by atoms with van der Waals surface area (Å²) < 4.78 is 5.20. The molecule has 7 nitrogen and oxygen atoms in total. The molecule has 0 aromatic heterocycles. The Kier molecular flexibility index (Phi) is 5.93. The second kappa shape index (κ2) is 8.56. The molecule has 3 rings (SSSR count). The number of anilines is 2. The largest absolute Gasteiger partial charge is 0.497 e. The Balaban J connectivity index is 1.68. The second-order valence-corrected chi connectivity index (χ2v) is 6.54. The van der Waals surface area contributed by atoms with Gasteiger partial charge in [-0.15, -0.1) is 0 Å². The Bertz CT molecular complexity index is 897. The van der Waals surface area contributed by atoms with Crippen LogP contribution in [0, 0.1) is 5.92 Å². The molecule has 1 atom stereocenters. The Labute approximate surface area is 163 Å². The zero-order valence-electron chi connectivity index (χ0n) is 15.9. The van der Waals surface area contributed by atoms with Gasteiger partial charge in [0, 0.05) is 42.5 Å². The van der Waals surface area contributed by atoms with Crippen LogP contribution in [-0.2, 0) is 9.59 Å². The third kappa shape index (κ3) is 4.31. The quantitative estimate of drug-likeness (QED) is 0.805. The second-order valence-electron chi connectivity index (χ2n) is 6.54. The summed E-state index contributed by atoms with van der Waals surface area (Å²) in [6.07, 6.45) is 0.138. The van der Waals surface area contributed by atoms with Crippen LogP contribution in [0.2, 0.25) is 0 Å². The molecule has 1 unspecified atom stereocenters. The van der Waals surface area contributed by atoms with Gasteiger partial charge in [-0.3, -0.25) is 14.4 Å². The predicted molar refractivity (Wildman–Crippen MR) is 107 cm³/mol. The van der Waals surface area contributed by atoms with Crippen molar-refractivity contribution in [3.63, 3.8) is 0 Å². The van der Waals surface area contributed by atoms with E-state index >= 15 is 0 Å². The number of hydrogen-bond acceptors (Lipinski definition) is 4. The number of ether oxygens (including phenoxy) is 1. The Hall–Kier alpha value is -3.35. The van der Waals surface area contributed by atoms with Crippen molar-refractivity contribution >= 4 is 29.1 Å². The highest BCUT2D eigenvalue weighted by Gasteiger charge is 2.35. The summed E-state index contributed by atoms with van der Waals surface area (Å²) in [5.74, 6) is -0.359. The van der Waals surface area contributed by atoms with Crippen molar-refractivity contribution in [3.05, 3.63) is 54.1 Å². The van der Waals surface area contributed by atoms with Crippen molar-refractivity contribution < 1.29 is 19.1 Å². The van der Waals surface area contributed by atoms with Gasteiger partial charge in [-0.1, -0.05) is 12.1 Å². The SMILES string of the molecule is CCNC(=O)c1cccc(NC(=O)C2CC(=O)N(c3cccc(OC)c3)C2)c1. The van der Waals surface area contributed by atoms with Gasteiger partial charge in [0.1, 0.15) is 5.75 Å². The lowest BCUT2D eigenvalue weighted by molar-refractivity contribution is -0.122. The van der Waals surface area contributed by atoms with E-state index in [0.29, 0.717) is 35.8 Å². The fourth-order valence-corrected chi connectivity index (χ4v) is 3.16. The monoisotopic (exact) mass is 381 g/mol. The van der Waals surface area contributed by atoms with Crippen molar-refractivity contribution in [2.24, 2.45) is 5.92 Å². The van der Waals surface area contributed by atoms with Gasteiger partial charge in [-0.05, 0) is 37.3 Å². The molecule has 2 N–H and O–H groups in total.